The van der Waals surface area contributed by atoms with Crippen molar-refractivity contribution in [2.24, 2.45) is 0 Å². The SMILES string of the molecule is CC(C)(C)NS(=O)(=O)c1ccc(Br)cc1C#N. The van der Waals surface area contributed by atoms with Crippen LogP contribution in [0.2, 0.25) is 0 Å². The van der Waals surface area contributed by atoms with Crippen LogP contribution in [0.4, 0.5) is 0 Å². The molecule has 0 aliphatic heterocycles. The van der Waals surface area contributed by atoms with Crippen LogP contribution < -0.4 is 4.72 Å². The number of nitrogens with one attached hydrogen (secondary N) is 1. The first kappa shape index (κ1) is 14.2. The first-order chi connectivity index (χ1) is 7.65. The molecule has 0 atom stereocenters. The van der Waals surface area contributed by atoms with Gasteiger partial charge in [0.15, 0.2) is 0 Å². The fraction of sp³-hybridized carbons (Fsp3) is 0.364. The predicted octanol–water partition coefficient (Wildman–Crippen LogP) is 2.40. The quantitative estimate of drug-likeness (QED) is 0.910. The number of benzene rings is 1. The van der Waals surface area contributed by atoms with E-state index in [2.05, 4.69) is 20.7 Å². The molecule has 0 amide bonds. The fourth-order valence-electron chi connectivity index (χ4n) is 1.28. The van der Waals surface area contributed by atoms with Crippen molar-refractivity contribution in [2.75, 3.05) is 0 Å². The van der Waals surface area contributed by atoms with E-state index in [9.17, 15) is 8.42 Å². The lowest BCUT2D eigenvalue weighted by atomic mass is 10.1. The third-order valence-electron chi connectivity index (χ3n) is 1.79. The summed E-state index contributed by atoms with van der Waals surface area (Å²) in [5, 5.41) is 8.94. The fourth-order valence-corrected chi connectivity index (χ4v) is 3.20. The lowest BCUT2D eigenvalue weighted by Crippen LogP contribution is -2.40. The number of rotatable bonds is 2. The number of hydrogen-bond acceptors (Lipinski definition) is 3. The molecule has 0 heterocycles. The van der Waals surface area contributed by atoms with Crippen molar-refractivity contribution in [1.29, 1.82) is 5.26 Å². The number of nitriles is 1. The molecule has 0 spiro atoms. The molecular weight excluding hydrogens is 304 g/mol. The smallest absolute Gasteiger partial charge is 0.207 e. The van der Waals surface area contributed by atoms with E-state index in [1.165, 1.54) is 12.1 Å². The Hall–Kier alpha value is -0.900. The zero-order valence-electron chi connectivity index (χ0n) is 9.78. The highest BCUT2D eigenvalue weighted by atomic mass is 79.9. The van der Waals surface area contributed by atoms with Crippen LogP contribution in [0.15, 0.2) is 27.6 Å². The molecular formula is C11H13BrN2O2S. The van der Waals surface area contributed by atoms with Gasteiger partial charge in [-0.15, -0.1) is 0 Å². The van der Waals surface area contributed by atoms with Crippen LogP contribution in [0.3, 0.4) is 0 Å². The number of nitrogens with zero attached hydrogens (tertiary/aromatic N) is 1. The minimum absolute atomic E-state index is 0.00174. The first-order valence-corrected chi connectivity index (χ1v) is 7.17. The lowest BCUT2D eigenvalue weighted by Gasteiger charge is -2.20. The molecule has 92 valence electrons. The summed E-state index contributed by atoms with van der Waals surface area (Å²) >= 11 is 3.20. The highest BCUT2D eigenvalue weighted by Crippen LogP contribution is 2.21. The number of halogens is 1. The molecule has 0 unspecified atom stereocenters. The molecule has 0 saturated heterocycles. The van der Waals surface area contributed by atoms with Gasteiger partial charge in [-0.2, -0.15) is 5.26 Å². The Morgan fingerprint density at radius 3 is 2.41 bits per heavy atom. The number of hydrogen-bond donors (Lipinski definition) is 1. The topological polar surface area (TPSA) is 70.0 Å². The van der Waals surface area contributed by atoms with E-state index in [-0.39, 0.29) is 10.5 Å². The maximum absolute atomic E-state index is 12.1. The largest absolute Gasteiger partial charge is 0.242 e. The van der Waals surface area contributed by atoms with E-state index in [0.29, 0.717) is 4.47 Å². The van der Waals surface area contributed by atoms with Gasteiger partial charge in [-0.3, -0.25) is 0 Å². The molecule has 4 nitrogen and oxygen atoms in total. The van der Waals surface area contributed by atoms with Crippen molar-refractivity contribution < 1.29 is 8.42 Å². The Labute approximate surface area is 110 Å². The average molecular weight is 317 g/mol. The van der Waals surface area contributed by atoms with Crippen LogP contribution in [0.1, 0.15) is 26.3 Å². The second kappa shape index (κ2) is 4.77. The summed E-state index contributed by atoms with van der Waals surface area (Å²) in [7, 11) is -3.67. The van der Waals surface area contributed by atoms with Crippen LogP contribution in [-0.4, -0.2) is 14.0 Å². The second-order valence-corrected chi connectivity index (χ2v) is 7.17. The van der Waals surface area contributed by atoms with Gasteiger partial charge in [0.2, 0.25) is 10.0 Å². The highest BCUT2D eigenvalue weighted by molar-refractivity contribution is 9.10. The van der Waals surface area contributed by atoms with Gasteiger partial charge < -0.3 is 0 Å². The molecule has 17 heavy (non-hydrogen) atoms. The zero-order chi connectivity index (χ0) is 13.3. The van der Waals surface area contributed by atoms with Crippen LogP contribution in [0, 0.1) is 11.3 Å². The second-order valence-electron chi connectivity index (χ2n) is 4.61. The highest BCUT2D eigenvalue weighted by Gasteiger charge is 2.24. The molecule has 1 rings (SSSR count). The molecule has 1 aromatic rings. The van der Waals surface area contributed by atoms with E-state index in [1.807, 2.05) is 6.07 Å². The Kier molecular flexibility index (Phi) is 3.97. The van der Waals surface area contributed by atoms with Gasteiger partial charge in [-0.25, -0.2) is 13.1 Å². The van der Waals surface area contributed by atoms with Gasteiger partial charge in [0, 0.05) is 10.0 Å². The maximum Gasteiger partial charge on any atom is 0.242 e. The van der Waals surface area contributed by atoms with Crippen molar-refractivity contribution in [2.45, 2.75) is 31.2 Å². The molecule has 0 aliphatic rings. The number of sulfonamides is 1. The van der Waals surface area contributed by atoms with Crippen molar-refractivity contribution in [3.05, 3.63) is 28.2 Å². The third kappa shape index (κ3) is 3.80. The molecule has 0 aliphatic carbocycles. The lowest BCUT2D eigenvalue weighted by molar-refractivity contribution is 0.491. The first-order valence-electron chi connectivity index (χ1n) is 4.89. The van der Waals surface area contributed by atoms with Gasteiger partial charge in [0.25, 0.3) is 0 Å². The van der Waals surface area contributed by atoms with Crippen molar-refractivity contribution in [3.8, 4) is 6.07 Å². The Bertz CT molecular complexity index is 568. The summed E-state index contributed by atoms with van der Waals surface area (Å²) < 4.78 is 27.3. The summed E-state index contributed by atoms with van der Waals surface area (Å²) in [6, 6.07) is 6.37. The molecule has 1 N–H and O–H groups in total. The average Bonchev–Trinajstić information content (AvgIpc) is 2.13. The zero-order valence-corrected chi connectivity index (χ0v) is 12.2. The minimum Gasteiger partial charge on any atom is -0.207 e. The summed E-state index contributed by atoms with van der Waals surface area (Å²) in [5.74, 6) is 0. The van der Waals surface area contributed by atoms with Gasteiger partial charge in [0.1, 0.15) is 6.07 Å². The van der Waals surface area contributed by atoms with Crippen LogP contribution in [-0.2, 0) is 10.0 Å². The van der Waals surface area contributed by atoms with Crippen LogP contribution in [0.5, 0.6) is 0 Å². The molecule has 0 fully saturated rings. The van der Waals surface area contributed by atoms with Gasteiger partial charge in [-0.05, 0) is 39.0 Å². The Balaban J connectivity index is 3.31. The van der Waals surface area contributed by atoms with Crippen LogP contribution in [0.25, 0.3) is 0 Å². The maximum atomic E-state index is 12.1. The normalized spacial score (nSPS) is 12.2. The monoisotopic (exact) mass is 316 g/mol. The third-order valence-corrected chi connectivity index (χ3v) is 4.10. The molecule has 0 saturated carbocycles. The van der Waals surface area contributed by atoms with E-state index in [0.717, 1.165) is 0 Å². The van der Waals surface area contributed by atoms with Gasteiger partial charge in [-0.1, -0.05) is 15.9 Å². The Morgan fingerprint density at radius 2 is 1.94 bits per heavy atom. The molecule has 0 radical (unpaired) electrons. The van der Waals surface area contributed by atoms with E-state index in [1.54, 1.807) is 26.8 Å². The summed E-state index contributed by atoms with van der Waals surface area (Å²) in [6.07, 6.45) is 0. The summed E-state index contributed by atoms with van der Waals surface area (Å²) in [4.78, 5) is -0.00174. The minimum atomic E-state index is -3.67. The van der Waals surface area contributed by atoms with Crippen LogP contribution >= 0.6 is 15.9 Å². The summed E-state index contributed by atoms with van der Waals surface area (Å²) in [6.45, 7) is 5.24. The van der Waals surface area contributed by atoms with E-state index >= 15 is 0 Å². The molecule has 6 heteroatoms. The van der Waals surface area contributed by atoms with Gasteiger partial charge >= 0.3 is 0 Å². The molecule has 1 aromatic carbocycles. The van der Waals surface area contributed by atoms with Crippen molar-refractivity contribution in [3.63, 3.8) is 0 Å². The Morgan fingerprint density at radius 1 is 1.35 bits per heavy atom. The standard InChI is InChI=1S/C11H13BrN2O2S/c1-11(2,3)14-17(15,16)10-5-4-9(12)6-8(10)7-13/h4-6,14H,1-3H3. The van der Waals surface area contributed by atoms with Crippen molar-refractivity contribution in [1.82, 2.24) is 4.72 Å². The summed E-state index contributed by atoms with van der Waals surface area (Å²) in [5.41, 5.74) is -0.463. The van der Waals surface area contributed by atoms with E-state index < -0.39 is 15.6 Å². The predicted molar refractivity (Wildman–Crippen MR) is 68.9 cm³/mol. The van der Waals surface area contributed by atoms with Gasteiger partial charge in [0.05, 0.1) is 10.5 Å². The molecule has 0 aromatic heterocycles. The van der Waals surface area contributed by atoms with Crippen molar-refractivity contribution >= 4 is 26.0 Å². The van der Waals surface area contributed by atoms with E-state index in [4.69, 9.17) is 5.26 Å². The molecule has 0 bridgehead atoms.